The number of carboxylic acid groups (broad SMARTS) is 1. The lowest BCUT2D eigenvalue weighted by Crippen LogP contribution is -2.29. The topological polar surface area (TPSA) is 94.9 Å². The fourth-order valence-corrected chi connectivity index (χ4v) is 3.86. The van der Waals surface area contributed by atoms with Crippen LogP contribution in [0.1, 0.15) is 27.5 Å². The van der Waals surface area contributed by atoms with Gasteiger partial charge in [-0.2, -0.15) is 0 Å². The van der Waals surface area contributed by atoms with Crippen molar-refractivity contribution in [3.8, 4) is 0 Å². The largest absolute Gasteiger partial charge is 0.507 e. The van der Waals surface area contributed by atoms with Crippen molar-refractivity contribution in [2.24, 2.45) is 0 Å². The Morgan fingerprint density at radius 3 is 2.13 bits per heavy atom. The van der Waals surface area contributed by atoms with Gasteiger partial charge in [-0.1, -0.05) is 64.5 Å². The fourth-order valence-electron chi connectivity index (χ4n) is 3.60. The monoisotopic (exact) mass is 477 g/mol. The number of benzene rings is 3. The minimum atomic E-state index is -1.15. The third kappa shape index (κ3) is 3.75. The summed E-state index contributed by atoms with van der Waals surface area (Å²) in [5.74, 6) is -3.12. The van der Waals surface area contributed by atoms with E-state index >= 15 is 0 Å². The number of hydrogen-bond donors (Lipinski definition) is 2. The van der Waals surface area contributed by atoms with Gasteiger partial charge in [0.15, 0.2) is 0 Å². The number of anilines is 1. The molecule has 0 aliphatic carbocycles. The van der Waals surface area contributed by atoms with Gasteiger partial charge in [-0.3, -0.25) is 14.5 Å². The fraction of sp³-hybridized carbons (Fsp3) is 0.0417. The first-order valence-corrected chi connectivity index (χ1v) is 10.1. The van der Waals surface area contributed by atoms with E-state index in [2.05, 4.69) is 15.9 Å². The van der Waals surface area contributed by atoms with Gasteiger partial charge in [0.2, 0.25) is 0 Å². The van der Waals surface area contributed by atoms with Crippen LogP contribution in [0.15, 0.2) is 88.9 Å². The lowest BCUT2D eigenvalue weighted by molar-refractivity contribution is -0.132. The molecular formula is C24H16BrNO5. The lowest BCUT2D eigenvalue weighted by atomic mass is 9.95. The molecule has 1 aliphatic rings. The van der Waals surface area contributed by atoms with Crippen molar-refractivity contribution in [2.75, 3.05) is 4.90 Å². The van der Waals surface area contributed by atoms with Gasteiger partial charge in [-0.05, 0) is 35.9 Å². The summed E-state index contributed by atoms with van der Waals surface area (Å²) in [7, 11) is 0. The smallest absolute Gasteiger partial charge is 0.335 e. The molecule has 1 aliphatic heterocycles. The van der Waals surface area contributed by atoms with Crippen LogP contribution in [-0.4, -0.2) is 27.9 Å². The molecular weight excluding hydrogens is 462 g/mol. The summed E-state index contributed by atoms with van der Waals surface area (Å²) in [6.07, 6.45) is 0. The number of amides is 1. The highest BCUT2D eigenvalue weighted by Crippen LogP contribution is 2.42. The van der Waals surface area contributed by atoms with Gasteiger partial charge in [0.05, 0.1) is 17.2 Å². The van der Waals surface area contributed by atoms with Crippen LogP contribution in [0.3, 0.4) is 0 Å². The Morgan fingerprint density at radius 1 is 0.839 bits per heavy atom. The zero-order valence-corrected chi connectivity index (χ0v) is 17.6. The molecule has 0 saturated carbocycles. The predicted octanol–water partition coefficient (Wildman–Crippen LogP) is 4.77. The normalized spacial score (nSPS) is 17.7. The molecule has 0 radical (unpaired) electrons. The standard InChI is InChI=1S/C24H16BrNO5/c25-17-11-9-14(10-12-17)20-19(21(27)15-5-2-1-3-6-15)22(28)23(29)26(20)18-8-4-7-16(13-18)24(30)31/h1-13,20,27H,(H,30,31)/t20-/m0/s1. The zero-order valence-electron chi connectivity index (χ0n) is 16.0. The quantitative estimate of drug-likeness (QED) is 0.320. The lowest BCUT2D eigenvalue weighted by Gasteiger charge is -2.25. The molecule has 1 heterocycles. The van der Waals surface area contributed by atoms with Crippen LogP contribution in [0.4, 0.5) is 5.69 Å². The molecule has 2 N–H and O–H groups in total. The van der Waals surface area contributed by atoms with Gasteiger partial charge in [0.25, 0.3) is 11.7 Å². The molecule has 1 amide bonds. The third-order valence-corrected chi connectivity index (χ3v) is 5.58. The van der Waals surface area contributed by atoms with Crippen molar-refractivity contribution in [2.45, 2.75) is 6.04 Å². The number of carboxylic acids is 1. The third-order valence-electron chi connectivity index (χ3n) is 5.05. The van der Waals surface area contributed by atoms with Crippen LogP contribution in [0.5, 0.6) is 0 Å². The maximum atomic E-state index is 13.1. The number of halogens is 1. The number of hydrogen-bond acceptors (Lipinski definition) is 4. The second-order valence-electron chi connectivity index (χ2n) is 6.94. The molecule has 0 unspecified atom stereocenters. The minimum absolute atomic E-state index is 0.0167. The van der Waals surface area contributed by atoms with Crippen LogP contribution in [0.2, 0.25) is 0 Å². The van der Waals surface area contributed by atoms with Crippen LogP contribution >= 0.6 is 15.9 Å². The summed E-state index contributed by atoms with van der Waals surface area (Å²) in [6.45, 7) is 0. The second-order valence-corrected chi connectivity index (χ2v) is 7.86. The molecule has 3 aromatic rings. The van der Waals surface area contributed by atoms with E-state index < -0.39 is 23.7 Å². The van der Waals surface area contributed by atoms with Gasteiger partial charge >= 0.3 is 5.97 Å². The molecule has 154 valence electrons. The van der Waals surface area contributed by atoms with Gasteiger partial charge in [0.1, 0.15) is 5.76 Å². The summed E-state index contributed by atoms with van der Waals surface area (Å²) < 4.78 is 0.809. The van der Waals surface area contributed by atoms with Gasteiger partial charge in [-0.15, -0.1) is 0 Å². The van der Waals surface area contributed by atoms with Gasteiger partial charge < -0.3 is 10.2 Å². The molecule has 31 heavy (non-hydrogen) atoms. The molecule has 0 spiro atoms. The van der Waals surface area contributed by atoms with Gasteiger partial charge in [0, 0.05) is 15.7 Å². The highest BCUT2D eigenvalue weighted by atomic mass is 79.9. The van der Waals surface area contributed by atoms with E-state index in [9.17, 15) is 24.6 Å². The Labute approximate surface area is 186 Å². The molecule has 1 fully saturated rings. The van der Waals surface area contributed by atoms with E-state index in [4.69, 9.17) is 0 Å². The number of carbonyl (C=O) groups excluding carboxylic acids is 2. The van der Waals surface area contributed by atoms with E-state index in [1.807, 2.05) is 0 Å². The Kier molecular flexibility index (Phi) is 5.44. The van der Waals surface area contributed by atoms with E-state index in [1.165, 1.54) is 23.1 Å². The van der Waals surface area contributed by atoms with Crippen molar-refractivity contribution in [3.05, 3.63) is 106 Å². The summed E-state index contributed by atoms with van der Waals surface area (Å²) in [5, 5.41) is 20.3. The molecule has 7 heteroatoms. The molecule has 0 bridgehead atoms. The van der Waals surface area contributed by atoms with Crippen LogP contribution in [0.25, 0.3) is 5.76 Å². The maximum Gasteiger partial charge on any atom is 0.335 e. The first-order valence-electron chi connectivity index (χ1n) is 9.33. The number of carbonyl (C=O) groups is 3. The van der Waals surface area contributed by atoms with E-state index in [-0.39, 0.29) is 22.6 Å². The number of nitrogens with zero attached hydrogens (tertiary/aromatic N) is 1. The SMILES string of the molecule is O=C1C(=O)N(c2cccc(C(=O)O)c2)[C@@H](c2ccc(Br)cc2)C1=C(O)c1ccccc1. The number of aliphatic hydroxyl groups is 1. The Morgan fingerprint density at radius 2 is 1.48 bits per heavy atom. The van der Waals surface area contributed by atoms with E-state index in [1.54, 1.807) is 60.7 Å². The number of ketones is 1. The zero-order chi connectivity index (χ0) is 22.1. The minimum Gasteiger partial charge on any atom is -0.507 e. The molecule has 4 rings (SSSR count). The second kappa shape index (κ2) is 8.20. The number of aliphatic hydroxyl groups excluding tert-OH is 1. The van der Waals surface area contributed by atoms with Crippen LogP contribution in [-0.2, 0) is 9.59 Å². The van der Waals surface area contributed by atoms with Crippen LogP contribution < -0.4 is 4.90 Å². The first kappa shape index (κ1) is 20.6. The maximum absolute atomic E-state index is 13.1. The first-order chi connectivity index (χ1) is 14.9. The van der Waals surface area contributed by atoms with Crippen molar-refractivity contribution in [1.82, 2.24) is 0 Å². The molecule has 1 atom stereocenters. The van der Waals surface area contributed by atoms with Gasteiger partial charge in [-0.25, -0.2) is 4.79 Å². The van der Waals surface area contributed by atoms with Crippen LogP contribution in [0, 0.1) is 0 Å². The Balaban J connectivity index is 1.95. The number of rotatable bonds is 4. The van der Waals surface area contributed by atoms with E-state index in [0.29, 0.717) is 11.1 Å². The molecule has 1 saturated heterocycles. The summed E-state index contributed by atoms with van der Waals surface area (Å²) in [4.78, 5) is 38.8. The Hall–Kier alpha value is -3.71. The number of Topliss-reactive ketones (excluding diaryl/α,β-unsaturated/α-hetero) is 1. The summed E-state index contributed by atoms with van der Waals surface area (Å²) in [6, 6.07) is 20.4. The average molecular weight is 478 g/mol. The van der Waals surface area contributed by atoms with Crippen molar-refractivity contribution >= 4 is 45.0 Å². The Bertz CT molecular complexity index is 1220. The average Bonchev–Trinajstić information content (AvgIpc) is 3.05. The van der Waals surface area contributed by atoms with E-state index in [0.717, 1.165) is 4.47 Å². The molecule has 3 aromatic carbocycles. The number of aromatic carboxylic acids is 1. The summed E-state index contributed by atoms with van der Waals surface area (Å²) >= 11 is 3.37. The summed E-state index contributed by atoms with van der Waals surface area (Å²) in [5.41, 5.74) is 1.18. The van der Waals surface area contributed by atoms with Crippen molar-refractivity contribution in [1.29, 1.82) is 0 Å². The highest BCUT2D eigenvalue weighted by Gasteiger charge is 2.47. The van der Waals surface area contributed by atoms with Crippen molar-refractivity contribution < 1.29 is 24.6 Å². The highest BCUT2D eigenvalue weighted by molar-refractivity contribution is 9.10. The molecule has 6 nitrogen and oxygen atoms in total. The molecule has 0 aromatic heterocycles. The predicted molar refractivity (Wildman–Crippen MR) is 119 cm³/mol. The van der Waals surface area contributed by atoms with Crippen molar-refractivity contribution in [3.63, 3.8) is 0 Å².